The van der Waals surface area contributed by atoms with Crippen LogP contribution >= 0.6 is 11.6 Å². The van der Waals surface area contributed by atoms with Crippen molar-refractivity contribution in [2.45, 2.75) is 6.54 Å². The first kappa shape index (κ1) is 12.7. The van der Waals surface area contributed by atoms with Crippen LogP contribution in [-0.4, -0.2) is 14.5 Å². The molecule has 3 aromatic rings. The van der Waals surface area contributed by atoms with E-state index in [0.29, 0.717) is 12.4 Å². The second-order valence-corrected chi connectivity index (χ2v) is 4.91. The molecule has 20 heavy (non-hydrogen) atoms. The van der Waals surface area contributed by atoms with Gasteiger partial charge in [-0.1, -0.05) is 23.7 Å². The van der Waals surface area contributed by atoms with Crippen LogP contribution in [0.2, 0.25) is 5.02 Å². The molecule has 0 aliphatic carbocycles. The summed E-state index contributed by atoms with van der Waals surface area (Å²) in [7, 11) is 0. The molecule has 0 unspecified atom stereocenters. The molecule has 0 aliphatic rings. The van der Waals surface area contributed by atoms with Gasteiger partial charge in [-0.2, -0.15) is 0 Å². The van der Waals surface area contributed by atoms with E-state index in [2.05, 4.69) is 9.97 Å². The van der Waals surface area contributed by atoms with E-state index in [1.807, 2.05) is 41.0 Å². The van der Waals surface area contributed by atoms with E-state index in [1.54, 1.807) is 18.7 Å². The zero-order valence-corrected chi connectivity index (χ0v) is 11.5. The normalized spacial score (nSPS) is 10.7. The Balaban J connectivity index is 1.95. The van der Waals surface area contributed by atoms with Crippen LogP contribution < -0.4 is 5.73 Å². The number of imidazole rings is 1. The first-order valence-electron chi connectivity index (χ1n) is 6.19. The van der Waals surface area contributed by atoms with E-state index in [4.69, 9.17) is 17.3 Å². The molecular weight excluding hydrogens is 272 g/mol. The summed E-state index contributed by atoms with van der Waals surface area (Å²) in [6.45, 7) is 0.709. The quantitative estimate of drug-likeness (QED) is 0.803. The maximum Gasteiger partial charge on any atom is 0.132 e. The average molecular weight is 285 g/mol. The number of benzene rings is 1. The maximum atomic E-state index is 5.92. The number of pyridine rings is 1. The molecule has 0 amide bonds. The van der Waals surface area contributed by atoms with Gasteiger partial charge in [0.15, 0.2) is 0 Å². The van der Waals surface area contributed by atoms with Crippen LogP contribution in [0, 0.1) is 0 Å². The number of hydrogen-bond acceptors (Lipinski definition) is 3. The SMILES string of the molecule is Nc1ncccc1-c1cncn1Cc1ccc(Cl)cc1. The number of anilines is 1. The van der Waals surface area contributed by atoms with Gasteiger partial charge in [0.2, 0.25) is 0 Å². The smallest absolute Gasteiger partial charge is 0.132 e. The van der Waals surface area contributed by atoms with Crippen LogP contribution in [0.3, 0.4) is 0 Å². The van der Waals surface area contributed by atoms with Crippen molar-refractivity contribution in [3.05, 3.63) is 65.7 Å². The molecule has 5 heteroatoms. The summed E-state index contributed by atoms with van der Waals surface area (Å²) in [5.74, 6) is 0.505. The van der Waals surface area contributed by atoms with Crippen molar-refractivity contribution in [1.29, 1.82) is 0 Å². The second-order valence-electron chi connectivity index (χ2n) is 4.47. The third kappa shape index (κ3) is 2.51. The fourth-order valence-corrected chi connectivity index (χ4v) is 2.22. The van der Waals surface area contributed by atoms with Gasteiger partial charge in [0.1, 0.15) is 5.82 Å². The lowest BCUT2D eigenvalue weighted by molar-refractivity contribution is 0.805. The Bertz CT molecular complexity index is 719. The van der Waals surface area contributed by atoms with Gasteiger partial charge in [0, 0.05) is 23.3 Å². The highest BCUT2D eigenvalue weighted by Gasteiger charge is 2.09. The van der Waals surface area contributed by atoms with Gasteiger partial charge < -0.3 is 10.3 Å². The standard InChI is InChI=1S/C15H13ClN4/c16-12-5-3-11(4-6-12)9-20-10-18-8-14(20)13-2-1-7-19-15(13)17/h1-8,10H,9H2,(H2,17,19). The van der Waals surface area contributed by atoms with E-state index in [9.17, 15) is 0 Å². The lowest BCUT2D eigenvalue weighted by Gasteiger charge is -2.09. The summed E-state index contributed by atoms with van der Waals surface area (Å²) >= 11 is 5.90. The zero-order chi connectivity index (χ0) is 13.9. The topological polar surface area (TPSA) is 56.7 Å². The third-order valence-corrected chi connectivity index (χ3v) is 3.34. The third-order valence-electron chi connectivity index (χ3n) is 3.09. The summed E-state index contributed by atoms with van der Waals surface area (Å²) in [6.07, 6.45) is 5.26. The van der Waals surface area contributed by atoms with Crippen LogP contribution in [0.1, 0.15) is 5.56 Å². The monoisotopic (exact) mass is 284 g/mol. The summed E-state index contributed by atoms with van der Waals surface area (Å²) in [5.41, 5.74) is 8.91. The molecule has 2 N–H and O–H groups in total. The molecule has 0 bridgehead atoms. The van der Waals surface area contributed by atoms with E-state index in [1.165, 1.54) is 0 Å². The van der Waals surface area contributed by atoms with Crippen molar-refractivity contribution in [1.82, 2.24) is 14.5 Å². The van der Waals surface area contributed by atoms with Gasteiger partial charge in [-0.25, -0.2) is 9.97 Å². The van der Waals surface area contributed by atoms with Crippen LogP contribution in [0.15, 0.2) is 55.1 Å². The van der Waals surface area contributed by atoms with Gasteiger partial charge >= 0.3 is 0 Å². The fraction of sp³-hybridized carbons (Fsp3) is 0.0667. The lowest BCUT2D eigenvalue weighted by Crippen LogP contribution is -2.02. The van der Waals surface area contributed by atoms with E-state index >= 15 is 0 Å². The van der Waals surface area contributed by atoms with Crippen LogP contribution in [0.4, 0.5) is 5.82 Å². The molecule has 2 aromatic heterocycles. The molecular formula is C15H13ClN4. The summed E-state index contributed by atoms with van der Waals surface area (Å²) < 4.78 is 2.04. The van der Waals surface area contributed by atoms with Gasteiger partial charge in [-0.05, 0) is 29.8 Å². The molecule has 0 radical (unpaired) electrons. The van der Waals surface area contributed by atoms with Crippen molar-refractivity contribution >= 4 is 17.4 Å². The molecule has 0 saturated heterocycles. The number of nitrogens with zero attached hydrogens (tertiary/aromatic N) is 3. The second kappa shape index (κ2) is 5.35. The predicted octanol–water partition coefficient (Wildman–Crippen LogP) is 3.23. The van der Waals surface area contributed by atoms with Gasteiger partial charge in [-0.3, -0.25) is 0 Å². The largest absolute Gasteiger partial charge is 0.383 e. The Labute approximate surface area is 121 Å². The Kier molecular flexibility index (Phi) is 3.39. The molecule has 0 fully saturated rings. The number of aromatic nitrogens is 3. The summed E-state index contributed by atoms with van der Waals surface area (Å²) in [4.78, 5) is 8.32. The van der Waals surface area contributed by atoms with Crippen LogP contribution in [0.25, 0.3) is 11.3 Å². The van der Waals surface area contributed by atoms with Gasteiger partial charge in [-0.15, -0.1) is 0 Å². The number of nitrogen functional groups attached to an aromatic ring is 1. The van der Waals surface area contributed by atoms with Crippen LogP contribution in [0.5, 0.6) is 0 Å². The van der Waals surface area contributed by atoms with Crippen molar-refractivity contribution in [3.8, 4) is 11.3 Å². The summed E-state index contributed by atoms with van der Waals surface area (Å²) in [6, 6.07) is 11.6. The highest BCUT2D eigenvalue weighted by Crippen LogP contribution is 2.24. The van der Waals surface area contributed by atoms with Gasteiger partial charge in [0.05, 0.1) is 18.2 Å². The molecule has 0 atom stereocenters. The molecule has 0 aliphatic heterocycles. The Hall–Kier alpha value is -2.33. The summed E-state index contributed by atoms with van der Waals surface area (Å²) in [5, 5.41) is 0.733. The number of hydrogen-bond donors (Lipinski definition) is 1. The Morgan fingerprint density at radius 1 is 1.15 bits per heavy atom. The number of halogens is 1. The van der Waals surface area contributed by atoms with E-state index < -0.39 is 0 Å². The molecule has 1 aromatic carbocycles. The first-order chi connectivity index (χ1) is 9.74. The van der Waals surface area contributed by atoms with E-state index in [0.717, 1.165) is 21.8 Å². The Morgan fingerprint density at radius 2 is 1.95 bits per heavy atom. The molecule has 3 rings (SSSR count). The minimum absolute atomic E-state index is 0.505. The van der Waals surface area contributed by atoms with Crippen molar-refractivity contribution in [3.63, 3.8) is 0 Å². The molecule has 0 spiro atoms. The zero-order valence-electron chi connectivity index (χ0n) is 10.7. The highest BCUT2D eigenvalue weighted by molar-refractivity contribution is 6.30. The van der Waals surface area contributed by atoms with E-state index in [-0.39, 0.29) is 0 Å². The number of rotatable bonds is 3. The minimum atomic E-state index is 0.505. The average Bonchev–Trinajstić information content (AvgIpc) is 2.90. The maximum absolute atomic E-state index is 5.92. The highest BCUT2D eigenvalue weighted by atomic mass is 35.5. The van der Waals surface area contributed by atoms with Gasteiger partial charge in [0.25, 0.3) is 0 Å². The van der Waals surface area contributed by atoms with Crippen molar-refractivity contribution < 1.29 is 0 Å². The lowest BCUT2D eigenvalue weighted by atomic mass is 10.2. The molecule has 2 heterocycles. The first-order valence-corrected chi connectivity index (χ1v) is 6.57. The molecule has 4 nitrogen and oxygen atoms in total. The molecule has 0 saturated carbocycles. The predicted molar refractivity (Wildman–Crippen MR) is 80.4 cm³/mol. The minimum Gasteiger partial charge on any atom is -0.383 e. The van der Waals surface area contributed by atoms with Crippen LogP contribution in [-0.2, 0) is 6.54 Å². The fourth-order valence-electron chi connectivity index (χ4n) is 2.09. The van der Waals surface area contributed by atoms with Crippen molar-refractivity contribution in [2.75, 3.05) is 5.73 Å². The van der Waals surface area contributed by atoms with Crippen molar-refractivity contribution in [2.24, 2.45) is 0 Å². The molecule has 100 valence electrons. The Morgan fingerprint density at radius 3 is 2.70 bits per heavy atom. The number of nitrogens with two attached hydrogens (primary N) is 1.